The highest BCUT2D eigenvalue weighted by Crippen LogP contribution is 2.32. The molecule has 56 valence electrons. The van der Waals surface area contributed by atoms with Gasteiger partial charge in [0.25, 0.3) is 0 Å². The third-order valence-corrected chi connectivity index (χ3v) is 2.05. The Kier molecular flexibility index (Phi) is 2.10. The molecule has 0 heterocycles. The molecule has 0 spiro atoms. The van der Waals surface area contributed by atoms with Gasteiger partial charge in [-0.05, 0) is 18.8 Å². The Morgan fingerprint density at radius 1 is 1.60 bits per heavy atom. The SMILES string of the molecule is C=C(C(=O)OC)C1CCC1. The maximum absolute atomic E-state index is 10.8. The molecule has 1 aliphatic carbocycles. The lowest BCUT2D eigenvalue weighted by atomic mass is 9.80. The van der Waals surface area contributed by atoms with E-state index in [4.69, 9.17) is 0 Å². The zero-order valence-electron chi connectivity index (χ0n) is 6.22. The molecule has 0 radical (unpaired) electrons. The van der Waals surface area contributed by atoms with Gasteiger partial charge in [0.15, 0.2) is 0 Å². The summed E-state index contributed by atoms with van der Waals surface area (Å²) in [7, 11) is 1.40. The van der Waals surface area contributed by atoms with Crippen LogP contribution in [0.25, 0.3) is 0 Å². The van der Waals surface area contributed by atoms with E-state index in [0.29, 0.717) is 11.5 Å². The van der Waals surface area contributed by atoms with Gasteiger partial charge in [-0.3, -0.25) is 0 Å². The third-order valence-electron chi connectivity index (χ3n) is 2.05. The number of hydrogen-bond donors (Lipinski definition) is 0. The van der Waals surface area contributed by atoms with Gasteiger partial charge in [0.2, 0.25) is 0 Å². The number of carbonyl (C=O) groups excluding carboxylic acids is 1. The maximum atomic E-state index is 10.8. The smallest absolute Gasteiger partial charge is 0.333 e. The summed E-state index contributed by atoms with van der Waals surface area (Å²) in [6, 6.07) is 0. The van der Waals surface area contributed by atoms with Crippen molar-refractivity contribution in [2.75, 3.05) is 7.11 Å². The number of carbonyl (C=O) groups is 1. The highest BCUT2D eigenvalue weighted by atomic mass is 16.5. The van der Waals surface area contributed by atoms with Crippen LogP contribution in [0.1, 0.15) is 19.3 Å². The standard InChI is InChI=1S/C8H12O2/c1-6(8(9)10-2)7-4-3-5-7/h7H,1,3-5H2,2H3. The summed E-state index contributed by atoms with van der Waals surface area (Å²) < 4.78 is 4.53. The van der Waals surface area contributed by atoms with Crippen LogP contribution in [0.5, 0.6) is 0 Å². The van der Waals surface area contributed by atoms with E-state index in [-0.39, 0.29) is 5.97 Å². The van der Waals surface area contributed by atoms with Gasteiger partial charge in [0.05, 0.1) is 7.11 Å². The second-order valence-electron chi connectivity index (χ2n) is 2.64. The topological polar surface area (TPSA) is 26.3 Å². The molecule has 0 aromatic heterocycles. The van der Waals surface area contributed by atoms with Crippen LogP contribution in [0.4, 0.5) is 0 Å². The minimum Gasteiger partial charge on any atom is -0.466 e. The van der Waals surface area contributed by atoms with E-state index in [2.05, 4.69) is 11.3 Å². The van der Waals surface area contributed by atoms with Crippen molar-refractivity contribution in [2.24, 2.45) is 5.92 Å². The first kappa shape index (κ1) is 7.32. The second-order valence-corrected chi connectivity index (χ2v) is 2.64. The Bertz CT molecular complexity index is 157. The van der Waals surface area contributed by atoms with Crippen LogP contribution < -0.4 is 0 Å². The predicted octanol–water partition coefficient (Wildman–Crippen LogP) is 1.52. The first-order chi connectivity index (χ1) is 4.75. The van der Waals surface area contributed by atoms with E-state index < -0.39 is 0 Å². The number of methoxy groups -OCH3 is 1. The van der Waals surface area contributed by atoms with Crippen molar-refractivity contribution < 1.29 is 9.53 Å². The van der Waals surface area contributed by atoms with Gasteiger partial charge in [-0.2, -0.15) is 0 Å². The van der Waals surface area contributed by atoms with Crippen LogP contribution in [0.2, 0.25) is 0 Å². The Balaban J connectivity index is 2.39. The van der Waals surface area contributed by atoms with Crippen molar-refractivity contribution >= 4 is 5.97 Å². The van der Waals surface area contributed by atoms with Crippen LogP contribution in [0, 0.1) is 5.92 Å². The number of ether oxygens (including phenoxy) is 1. The molecule has 0 bridgehead atoms. The van der Waals surface area contributed by atoms with Gasteiger partial charge in [-0.15, -0.1) is 0 Å². The van der Waals surface area contributed by atoms with Gasteiger partial charge in [-0.25, -0.2) is 4.79 Å². The van der Waals surface area contributed by atoms with Crippen LogP contribution >= 0.6 is 0 Å². The van der Waals surface area contributed by atoms with Gasteiger partial charge in [0, 0.05) is 5.57 Å². The Morgan fingerprint density at radius 3 is 2.50 bits per heavy atom. The van der Waals surface area contributed by atoms with Crippen LogP contribution in [-0.2, 0) is 9.53 Å². The molecule has 0 unspecified atom stereocenters. The van der Waals surface area contributed by atoms with Crippen molar-refractivity contribution in [1.82, 2.24) is 0 Å². The van der Waals surface area contributed by atoms with Gasteiger partial charge < -0.3 is 4.74 Å². The number of rotatable bonds is 2. The van der Waals surface area contributed by atoms with Gasteiger partial charge in [-0.1, -0.05) is 13.0 Å². The third kappa shape index (κ3) is 1.20. The quantitative estimate of drug-likeness (QED) is 0.429. The van der Waals surface area contributed by atoms with E-state index in [1.165, 1.54) is 13.5 Å². The molecule has 1 rings (SSSR count). The molecular formula is C8H12O2. The summed E-state index contributed by atoms with van der Waals surface area (Å²) in [5.41, 5.74) is 0.647. The van der Waals surface area contributed by atoms with E-state index in [1.807, 2.05) is 0 Å². The average molecular weight is 140 g/mol. The molecule has 1 aliphatic rings. The molecule has 0 N–H and O–H groups in total. The van der Waals surface area contributed by atoms with Crippen LogP contribution in [0.15, 0.2) is 12.2 Å². The lowest BCUT2D eigenvalue weighted by molar-refractivity contribution is -0.137. The van der Waals surface area contributed by atoms with E-state index in [0.717, 1.165) is 12.8 Å². The van der Waals surface area contributed by atoms with Crippen LogP contribution in [0.3, 0.4) is 0 Å². The molecular weight excluding hydrogens is 128 g/mol. The highest BCUT2D eigenvalue weighted by molar-refractivity contribution is 5.88. The minimum atomic E-state index is -0.246. The summed E-state index contributed by atoms with van der Waals surface area (Å²) in [4.78, 5) is 10.8. The molecule has 0 aromatic rings. The molecule has 0 atom stereocenters. The molecule has 1 fully saturated rings. The second kappa shape index (κ2) is 2.86. The first-order valence-electron chi connectivity index (χ1n) is 3.53. The monoisotopic (exact) mass is 140 g/mol. The van der Waals surface area contributed by atoms with Crippen molar-refractivity contribution in [3.8, 4) is 0 Å². The number of hydrogen-bond acceptors (Lipinski definition) is 2. The zero-order chi connectivity index (χ0) is 7.56. The first-order valence-corrected chi connectivity index (χ1v) is 3.53. The van der Waals surface area contributed by atoms with Crippen molar-refractivity contribution in [2.45, 2.75) is 19.3 Å². The molecule has 0 saturated heterocycles. The predicted molar refractivity (Wildman–Crippen MR) is 38.5 cm³/mol. The summed E-state index contributed by atoms with van der Waals surface area (Å²) in [5.74, 6) is 0.164. The summed E-state index contributed by atoms with van der Waals surface area (Å²) in [5, 5.41) is 0. The zero-order valence-corrected chi connectivity index (χ0v) is 6.22. The summed E-state index contributed by atoms with van der Waals surface area (Å²) >= 11 is 0. The number of esters is 1. The molecule has 0 aliphatic heterocycles. The maximum Gasteiger partial charge on any atom is 0.333 e. The van der Waals surface area contributed by atoms with Crippen molar-refractivity contribution in [1.29, 1.82) is 0 Å². The largest absolute Gasteiger partial charge is 0.466 e. The summed E-state index contributed by atoms with van der Waals surface area (Å²) in [6.45, 7) is 3.67. The lowest BCUT2D eigenvalue weighted by Gasteiger charge is -2.25. The Morgan fingerprint density at radius 2 is 2.20 bits per heavy atom. The van der Waals surface area contributed by atoms with E-state index >= 15 is 0 Å². The Labute approximate surface area is 60.9 Å². The van der Waals surface area contributed by atoms with Gasteiger partial charge in [0.1, 0.15) is 0 Å². The molecule has 2 nitrogen and oxygen atoms in total. The fourth-order valence-corrected chi connectivity index (χ4v) is 1.05. The molecule has 10 heavy (non-hydrogen) atoms. The molecule has 0 aromatic carbocycles. The van der Waals surface area contributed by atoms with E-state index in [1.54, 1.807) is 0 Å². The average Bonchev–Trinajstić information content (AvgIpc) is 1.82. The van der Waals surface area contributed by atoms with Crippen molar-refractivity contribution in [3.05, 3.63) is 12.2 Å². The summed E-state index contributed by atoms with van der Waals surface area (Å²) in [6.07, 6.45) is 3.43. The van der Waals surface area contributed by atoms with Crippen LogP contribution in [-0.4, -0.2) is 13.1 Å². The fraction of sp³-hybridized carbons (Fsp3) is 0.625. The van der Waals surface area contributed by atoms with Crippen molar-refractivity contribution in [3.63, 3.8) is 0 Å². The lowest BCUT2D eigenvalue weighted by Crippen LogP contribution is -2.19. The van der Waals surface area contributed by atoms with Gasteiger partial charge >= 0.3 is 5.97 Å². The normalized spacial score (nSPS) is 17.7. The fourth-order valence-electron chi connectivity index (χ4n) is 1.05. The molecule has 0 amide bonds. The highest BCUT2D eigenvalue weighted by Gasteiger charge is 2.24. The van der Waals surface area contributed by atoms with E-state index in [9.17, 15) is 4.79 Å². The molecule has 1 saturated carbocycles. The minimum absolute atomic E-state index is 0.246. The molecule has 2 heteroatoms. The Hall–Kier alpha value is -0.790.